The van der Waals surface area contributed by atoms with Crippen molar-refractivity contribution in [2.24, 2.45) is 0 Å². The summed E-state index contributed by atoms with van der Waals surface area (Å²) < 4.78 is 0. The Morgan fingerprint density at radius 3 is 1.34 bits per heavy atom. The van der Waals surface area contributed by atoms with E-state index in [2.05, 4.69) is 43.5 Å². The van der Waals surface area contributed by atoms with E-state index in [1.54, 1.807) is 0 Å². The zero-order valence-electron chi connectivity index (χ0n) is 29.7. The molecule has 0 aliphatic carbocycles. The minimum Gasteiger partial charge on any atom is -0.394 e. The Morgan fingerprint density at radius 1 is 0.523 bits per heavy atom. The number of aliphatic hydroxyl groups is 2. The number of carbonyl (C=O) groups excluding carboxylic acids is 1. The fourth-order valence-electron chi connectivity index (χ4n) is 5.89. The number of allylic oxidation sites excluding steroid dienone is 4. The molecule has 2 atom stereocenters. The molecule has 0 bridgehead atoms. The lowest BCUT2D eigenvalue weighted by Gasteiger charge is -2.22. The van der Waals surface area contributed by atoms with E-state index >= 15 is 0 Å². The largest absolute Gasteiger partial charge is 0.394 e. The first-order valence-corrected chi connectivity index (χ1v) is 19.5. The molecule has 0 radical (unpaired) electrons. The van der Waals surface area contributed by atoms with Gasteiger partial charge in [0, 0.05) is 6.42 Å². The van der Waals surface area contributed by atoms with Crippen LogP contribution in [0.5, 0.6) is 0 Å². The van der Waals surface area contributed by atoms with Gasteiger partial charge >= 0.3 is 0 Å². The molecular formula is C40H77NO3. The van der Waals surface area contributed by atoms with E-state index in [0.717, 1.165) is 25.7 Å². The van der Waals surface area contributed by atoms with Crippen molar-refractivity contribution in [3.05, 3.63) is 24.3 Å². The maximum absolute atomic E-state index is 12.3. The summed E-state index contributed by atoms with van der Waals surface area (Å²) >= 11 is 0. The van der Waals surface area contributed by atoms with Gasteiger partial charge in [0.1, 0.15) is 0 Å². The molecule has 0 aliphatic rings. The number of amides is 1. The number of hydrogen-bond acceptors (Lipinski definition) is 3. The lowest BCUT2D eigenvalue weighted by atomic mass is 10.0. The third-order valence-corrected chi connectivity index (χ3v) is 8.92. The molecule has 0 aromatic carbocycles. The summed E-state index contributed by atoms with van der Waals surface area (Å²) in [5, 5.41) is 23.1. The summed E-state index contributed by atoms with van der Waals surface area (Å²) in [6, 6.07) is -0.537. The minimum absolute atomic E-state index is 0.0371. The van der Waals surface area contributed by atoms with Crippen LogP contribution in [0, 0.1) is 0 Å². The van der Waals surface area contributed by atoms with Gasteiger partial charge in [0.2, 0.25) is 5.91 Å². The van der Waals surface area contributed by atoms with Crippen LogP contribution < -0.4 is 5.32 Å². The molecule has 4 nitrogen and oxygen atoms in total. The van der Waals surface area contributed by atoms with Gasteiger partial charge in [-0.05, 0) is 57.8 Å². The molecular weight excluding hydrogens is 542 g/mol. The maximum atomic E-state index is 12.3. The van der Waals surface area contributed by atoms with Gasteiger partial charge in [0.05, 0.1) is 18.8 Å². The normalized spacial score (nSPS) is 13.3. The number of carbonyl (C=O) groups is 1. The first kappa shape index (κ1) is 42.9. The number of nitrogens with one attached hydrogen (secondary N) is 1. The first-order valence-electron chi connectivity index (χ1n) is 19.5. The highest BCUT2D eigenvalue weighted by Gasteiger charge is 2.19. The smallest absolute Gasteiger partial charge is 0.220 e. The molecule has 44 heavy (non-hydrogen) atoms. The molecule has 0 aromatic rings. The Morgan fingerprint density at radius 2 is 0.909 bits per heavy atom. The average Bonchev–Trinajstić information content (AvgIpc) is 3.03. The Kier molecular flexibility index (Phi) is 35.4. The lowest BCUT2D eigenvalue weighted by molar-refractivity contribution is -0.123. The van der Waals surface area contributed by atoms with Gasteiger partial charge in [0.25, 0.3) is 0 Å². The first-order chi connectivity index (χ1) is 21.7. The quantitative estimate of drug-likeness (QED) is 0.0488. The zero-order valence-corrected chi connectivity index (χ0v) is 29.7. The van der Waals surface area contributed by atoms with Crippen LogP contribution in [0.15, 0.2) is 24.3 Å². The molecule has 0 saturated carbocycles. The predicted octanol–water partition coefficient (Wildman–Crippen LogP) is 11.7. The van der Waals surface area contributed by atoms with Crippen LogP contribution in [-0.4, -0.2) is 34.9 Å². The van der Waals surface area contributed by atoms with Gasteiger partial charge in [-0.2, -0.15) is 0 Å². The van der Waals surface area contributed by atoms with E-state index in [-0.39, 0.29) is 12.5 Å². The molecule has 4 heteroatoms. The summed E-state index contributed by atoms with van der Waals surface area (Å²) in [4.78, 5) is 12.3. The molecule has 0 fully saturated rings. The van der Waals surface area contributed by atoms with Crippen LogP contribution in [0.4, 0.5) is 0 Å². The fourth-order valence-corrected chi connectivity index (χ4v) is 5.89. The number of unbranched alkanes of at least 4 members (excludes halogenated alkanes) is 24. The molecule has 0 heterocycles. The SMILES string of the molecule is CCCC=CCCCCCCCCCCC(O)C(CO)NC(=O)CCCCCCCCCCCC=CCCCCCCCC. The molecule has 2 unspecified atom stereocenters. The van der Waals surface area contributed by atoms with E-state index in [9.17, 15) is 15.0 Å². The highest BCUT2D eigenvalue weighted by Crippen LogP contribution is 2.15. The third-order valence-electron chi connectivity index (χ3n) is 8.92. The summed E-state index contributed by atoms with van der Waals surface area (Å²) in [5.74, 6) is -0.0371. The highest BCUT2D eigenvalue weighted by molar-refractivity contribution is 5.76. The zero-order chi connectivity index (χ0) is 32.2. The van der Waals surface area contributed by atoms with Crippen LogP contribution >= 0.6 is 0 Å². The molecule has 260 valence electrons. The van der Waals surface area contributed by atoms with Crippen molar-refractivity contribution < 1.29 is 15.0 Å². The Labute approximate surface area is 275 Å². The van der Waals surface area contributed by atoms with E-state index in [1.165, 1.54) is 154 Å². The second-order valence-electron chi connectivity index (χ2n) is 13.3. The average molecular weight is 620 g/mol. The highest BCUT2D eigenvalue weighted by atomic mass is 16.3. The van der Waals surface area contributed by atoms with E-state index in [1.807, 2.05) is 0 Å². The second kappa shape index (κ2) is 36.3. The van der Waals surface area contributed by atoms with Gasteiger partial charge < -0.3 is 15.5 Å². The van der Waals surface area contributed by atoms with E-state index < -0.39 is 12.1 Å². The van der Waals surface area contributed by atoms with Crippen molar-refractivity contribution >= 4 is 5.91 Å². The molecule has 3 N–H and O–H groups in total. The monoisotopic (exact) mass is 620 g/mol. The number of hydrogen-bond donors (Lipinski definition) is 3. The van der Waals surface area contributed by atoms with Gasteiger partial charge in [0.15, 0.2) is 0 Å². The second-order valence-corrected chi connectivity index (χ2v) is 13.3. The lowest BCUT2D eigenvalue weighted by Crippen LogP contribution is -2.45. The summed E-state index contributed by atoms with van der Waals surface area (Å²) in [5.41, 5.74) is 0. The van der Waals surface area contributed by atoms with Crippen LogP contribution in [0.1, 0.15) is 206 Å². The number of aliphatic hydroxyl groups excluding tert-OH is 2. The standard InChI is InChI=1S/C40H77NO3/c1-3-5-7-9-11-13-15-17-18-19-20-21-22-24-26-28-30-32-34-36-40(44)41-38(37-42)39(43)35-33-31-29-27-25-23-16-14-12-10-8-6-4-2/h8,10,17-18,38-39,42-43H,3-7,9,11-16,19-37H2,1-2H3,(H,41,44). The van der Waals surface area contributed by atoms with Crippen molar-refractivity contribution in [1.29, 1.82) is 0 Å². The molecule has 0 aliphatic heterocycles. The minimum atomic E-state index is -0.661. The van der Waals surface area contributed by atoms with Gasteiger partial charge in [-0.15, -0.1) is 0 Å². The Balaban J connectivity index is 3.54. The predicted molar refractivity (Wildman–Crippen MR) is 193 cm³/mol. The topological polar surface area (TPSA) is 69.6 Å². The number of rotatable bonds is 35. The van der Waals surface area contributed by atoms with E-state index in [0.29, 0.717) is 12.8 Å². The third kappa shape index (κ3) is 32.3. The Bertz CT molecular complexity index is 632. The van der Waals surface area contributed by atoms with Gasteiger partial charge in [-0.3, -0.25) is 4.79 Å². The maximum Gasteiger partial charge on any atom is 0.220 e. The molecule has 0 spiro atoms. The van der Waals surface area contributed by atoms with Crippen molar-refractivity contribution in [3.63, 3.8) is 0 Å². The molecule has 0 rings (SSSR count). The van der Waals surface area contributed by atoms with Crippen molar-refractivity contribution in [2.75, 3.05) is 6.61 Å². The van der Waals surface area contributed by atoms with Crippen molar-refractivity contribution in [1.82, 2.24) is 5.32 Å². The van der Waals surface area contributed by atoms with Crippen LogP contribution in [0.3, 0.4) is 0 Å². The van der Waals surface area contributed by atoms with Crippen molar-refractivity contribution in [2.45, 2.75) is 219 Å². The molecule has 0 aromatic heterocycles. The summed E-state index contributed by atoms with van der Waals surface area (Å²) in [6.07, 6.45) is 45.2. The van der Waals surface area contributed by atoms with Gasteiger partial charge in [-0.1, -0.05) is 167 Å². The molecule has 1 amide bonds. The Hall–Kier alpha value is -1.13. The van der Waals surface area contributed by atoms with Crippen LogP contribution in [0.25, 0.3) is 0 Å². The van der Waals surface area contributed by atoms with Crippen LogP contribution in [0.2, 0.25) is 0 Å². The summed E-state index contributed by atoms with van der Waals surface area (Å²) in [6.45, 7) is 4.30. The fraction of sp³-hybridized carbons (Fsp3) is 0.875. The van der Waals surface area contributed by atoms with Gasteiger partial charge in [-0.25, -0.2) is 0 Å². The molecule has 0 saturated heterocycles. The van der Waals surface area contributed by atoms with Crippen molar-refractivity contribution in [3.8, 4) is 0 Å². The van der Waals surface area contributed by atoms with Crippen LogP contribution in [-0.2, 0) is 4.79 Å². The summed E-state index contributed by atoms with van der Waals surface area (Å²) in [7, 11) is 0. The van der Waals surface area contributed by atoms with E-state index in [4.69, 9.17) is 0 Å².